The molecule has 0 saturated carbocycles. The minimum atomic E-state index is -1.19. The molecule has 9 nitrogen and oxygen atoms in total. The van der Waals surface area contributed by atoms with E-state index in [2.05, 4.69) is 15.3 Å². The first-order valence-electron chi connectivity index (χ1n) is 8.67. The minimum Gasteiger partial charge on any atom is -0.477 e. The fourth-order valence-electron chi connectivity index (χ4n) is 2.74. The van der Waals surface area contributed by atoms with Crippen LogP contribution in [0.3, 0.4) is 0 Å². The molecule has 0 aromatic carbocycles. The number of thioether (sulfide) groups is 2. The first-order chi connectivity index (χ1) is 13.7. The molecule has 2 amide bonds. The maximum absolute atomic E-state index is 12.6. The molecule has 154 valence electrons. The van der Waals surface area contributed by atoms with Crippen LogP contribution in [0.25, 0.3) is 0 Å². The van der Waals surface area contributed by atoms with Crippen molar-refractivity contribution < 1.29 is 24.2 Å². The van der Waals surface area contributed by atoms with Gasteiger partial charge in [-0.25, -0.2) is 14.6 Å². The van der Waals surface area contributed by atoms with Gasteiger partial charge in [0.1, 0.15) is 27.7 Å². The number of hydrogen-bond acceptors (Lipinski definition) is 8. The summed E-state index contributed by atoms with van der Waals surface area (Å²) in [4.78, 5) is 45.6. The summed E-state index contributed by atoms with van der Waals surface area (Å²) in [5.74, 6) is -1.28. The van der Waals surface area contributed by atoms with Gasteiger partial charge in [-0.05, 0) is 37.8 Å². The number of nitrogens with zero attached hydrogens (tertiary/aromatic N) is 3. The fraction of sp³-hybridized carbons (Fsp3) is 0.389. The topological polar surface area (TPSA) is 122 Å². The van der Waals surface area contributed by atoms with E-state index in [-0.39, 0.29) is 5.70 Å². The minimum absolute atomic E-state index is 0.0722. The number of carboxylic acid groups (broad SMARTS) is 1. The number of carbonyl (C=O) groups excluding carboxylic acids is 2. The van der Waals surface area contributed by atoms with E-state index in [1.54, 1.807) is 50.8 Å². The number of hydrogen-bond donors (Lipinski definition) is 2. The summed E-state index contributed by atoms with van der Waals surface area (Å²) in [6, 6.07) is -0.816. The Morgan fingerprint density at radius 2 is 2.17 bits per heavy atom. The van der Waals surface area contributed by atoms with Crippen LogP contribution in [0, 0.1) is 0 Å². The second-order valence-corrected chi connectivity index (χ2v) is 9.21. The molecule has 1 fully saturated rings. The highest BCUT2D eigenvalue weighted by atomic mass is 32.2. The first kappa shape index (κ1) is 21.2. The number of fused-ring (bicyclic) bond motifs is 1. The smallest absolute Gasteiger partial charge is 0.408 e. The highest BCUT2D eigenvalue weighted by Crippen LogP contribution is 2.41. The molecule has 29 heavy (non-hydrogen) atoms. The standard InChI is InChI=1S/C18H20N4O5S2/c1-18(2,3)27-17(26)21-12-14(23)22-13(16(24)25)10(9-29-15(12)22)4-7-28-11-8-19-5-6-20-11/h4-8,12,15H,9H2,1-3H3,(H,21,26)(H,24,25)/t12?,15-/m0/s1. The van der Waals surface area contributed by atoms with Gasteiger partial charge < -0.3 is 15.2 Å². The Labute approximate surface area is 176 Å². The molecule has 0 bridgehead atoms. The van der Waals surface area contributed by atoms with Gasteiger partial charge in [-0.15, -0.1) is 11.8 Å². The van der Waals surface area contributed by atoms with Gasteiger partial charge in [0, 0.05) is 18.1 Å². The van der Waals surface area contributed by atoms with Crippen LogP contribution in [0.15, 0.2) is 46.4 Å². The predicted molar refractivity (Wildman–Crippen MR) is 108 cm³/mol. The Morgan fingerprint density at radius 1 is 1.41 bits per heavy atom. The van der Waals surface area contributed by atoms with Crippen LogP contribution in [0.4, 0.5) is 4.79 Å². The van der Waals surface area contributed by atoms with Crippen molar-refractivity contribution in [2.45, 2.75) is 42.8 Å². The lowest BCUT2D eigenvalue weighted by Gasteiger charge is -2.49. The Bertz CT molecular complexity index is 882. The number of aliphatic carboxylic acids is 1. The molecule has 2 atom stereocenters. The number of amides is 2. The highest BCUT2D eigenvalue weighted by molar-refractivity contribution is 8.02. The molecular weight excluding hydrogens is 416 g/mol. The van der Waals surface area contributed by atoms with Crippen molar-refractivity contribution in [1.29, 1.82) is 0 Å². The van der Waals surface area contributed by atoms with Gasteiger partial charge in [0.25, 0.3) is 5.91 Å². The lowest BCUT2D eigenvalue weighted by Crippen LogP contribution is -2.70. The van der Waals surface area contributed by atoms with Crippen LogP contribution in [0.1, 0.15) is 20.8 Å². The van der Waals surface area contributed by atoms with Crippen molar-refractivity contribution in [3.05, 3.63) is 41.3 Å². The summed E-state index contributed by atoms with van der Waals surface area (Å²) in [7, 11) is 0. The molecule has 1 unspecified atom stereocenters. The number of ether oxygens (including phenoxy) is 1. The molecule has 0 aliphatic carbocycles. The Hall–Kier alpha value is -2.53. The second kappa shape index (κ2) is 8.46. The Morgan fingerprint density at radius 3 is 2.79 bits per heavy atom. The third kappa shape index (κ3) is 4.91. The lowest BCUT2D eigenvalue weighted by atomic mass is 10.0. The normalized spacial score (nSPS) is 21.6. The average molecular weight is 437 g/mol. The fourth-order valence-corrected chi connectivity index (χ4v) is 4.67. The molecule has 11 heteroatoms. The van der Waals surface area contributed by atoms with Crippen molar-refractivity contribution in [2.75, 3.05) is 5.75 Å². The van der Waals surface area contributed by atoms with Gasteiger partial charge in [0.2, 0.25) is 0 Å². The van der Waals surface area contributed by atoms with Crippen LogP contribution in [-0.2, 0) is 14.3 Å². The highest BCUT2D eigenvalue weighted by Gasteiger charge is 2.54. The van der Waals surface area contributed by atoms with E-state index in [4.69, 9.17) is 4.74 Å². The van der Waals surface area contributed by atoms with Crippen LogP contribution in [0.5, 0.6) is 0 Å². The number of β-lactam (4-membered cyclic amide) rings is 1. The summed E-state index contributed by atoms with van der Waals surface area (Å²) < 4.78 is 5.18. The molecule has 1 aromatic rings. The van der Waals surface area contributed by atoms with E-state index >= 15 is 0 Å². The van der Waals surface area contributed by atoms with E-state index < -0.39 is 35.0 Å². The molecule has 0 radical (unpaired) electrons. The largest absolute Gasteiger partial charge is 0.477 e. The average Bonchev–Trinajstić information content (AvgIpc) is 2.65. The molecule has 2 N–H and O–H groups in total. The summed E-state index contributed by atoms with van der Waals surface area (Å²) in [5.41, 5.74) is -0.252. The van der Waals surface area contributed by atoms with Crippen molar-refractivity contribution >= 4 is 41.5 Å². The van der Waals surface area contributed by atoms with E-state index in [0.717, 1.165) is 0 Å². The monoisotopic (exact) mass is 436 g/mol. The quantitative estimate of drug-likeness (QED) is 0.528. The third-order valence-corrected chi connectivity index (χ3v) is 5.90. The first-order valence-corrected chi connectivity index (χ1v) is 10.6. The van der Waals surface area contributed by atoms with Gasteiger partial charge in [-0.2, -0.15) is 0 Å². The Kier molecular flexibility index (Phi) is 6.18. The van der Waals surface area contributed by atoms with Crippen molar-refractivity contribution in [3.63, 3.8) is 0 Å². The molecular formula is C18H20N4O5S2. The lowest BCUT2D eigenvalue weighted by molar-refractivity contribution is -0.149. The summed E-state index contributed by atoms with van der Waals surface area (Å²) >= 11 is 2.68. The predicted octanol–water partition coefficient (Wildman–Crippen LogP) is 2.23. The molecule has 0 spiro atoms. The number of carbonyl (C=O) groups is 3. The summed E-state index contributed by atoms with van der Waals surface area (Å²) in [6.07, 6.45) is 5.68. The van der Waals surface area contributed by atoms with Gasteiger partial charge >= 0.3 is 12.1 Å². The van der Waals surface area contributed by atoms with Gasteiger partial charge in [0.05, 0.1) is 6.20 Å². The van der Waals surface area contributed by atoms with Gasteiger partial charge in [-0.1, -0.05) is 11.8 Å². The van der Waals surface area contributed by atoms with Crippen LogP contribution < -0.4 is 5.32 Å². The number of nitrogens with one attached hydrogen (secondary N) is 1. The number of carboxylic acids is 1. The van der Waals surface area contributed by atoms with E-state index in [1.807, 2.05) is 0 Å². The number of aromatic nitrogens is 2. The number of alkyl carbamates (subject to hydrolysis) is 1. The second-order valence-electron chi connectivity index (χ2n) is 7.18. The van der Waals surface area contributed by atoms with Crippen LogP contribution in [0.2, 0.25) is 0 Å². The van der Waals surface area contributed by atoms with Crippen LogP contribution in [-0.4, -0.2) is 60.7 Å². The number of rotatable bonds is 5. The molecule has 1 aromatic heterocycles. The third-order valence-electron chi connectivity index (χ3n) is 3.87. The van der Waals surface area contributed by atoms with E-state index in [1.165, 1.54) is 28.4 Å². The zero-order valence-corrected chi connectivity index (χ0v) is 17.6. The van der Waals surface area contributed by atoms with E-state index in [9.17, 15) is 19.5 Å². The zero-order chi connectivity index (χ0) is 21.2. The van der Waals surface area contributed by atoms with Crippen molar-refractivity contribution in [1.82, 2.24) is 20.2 Å². The Balaban J connectivity index is 1.71. The molecule has 3 heterocycles. The number of allylic oxidation sites excluding steroid dienone is 1. The van der Waals surface area contributed by atoms with Crippen LogP contribution >= 0.6 is 23.5 Å². The van der Waals surface area contributed by atoms with Gasteiger partial charge in [0.15, 0.2) is 0 Å². The van der Waals surface area contributed by atoms with Crippen molar-refractivity contribution in [2.24, 2.45) is 0 Å². The zero-order valence-electron chi connectivity index (χ0n) is 16.0. The maximum Gasteiger partial charge on any atom is 0.408 e. The van der Waals surface area contributed by atoms with Crippen molar-refractivity contribution in [3.8, 4) is 0 Å². The molecule has 2 aliphatic rings. The maximum atomic E-state index is 12.6. The summed E-state index contributed by atoms with van der Waals surface area (Å²) in [6.45, 7) is 5.17. The molecule has 3 rings (SSSR count). The molecule has 2 aliphatic heterocycles. The van der Waals surface area contributed by atoms with E-state index in [0.29, 0.717) is 16.4 Å². The van der Waals surface area contributed by atoms with Gasteiger partial charge in [-0.3, -0.25) is 14.7 Å². The molecule has 1 saturated heterocycles. The summed E-state index contributed by atoms with van der Waals surface area (Å²) in [5, 5.41) is 14.1. The SMILES string of the molecule is CC(C)(C)OC(=O)NC1C(=O)N2C(C(=O)O)=C(C=CSc3cnccn3)CS[C@@H]12.